The molecule has 0 radical (unpaired) electrons. The van der Waals surface area contributed by atoms with Crippen LogP contribution in [-0.2, 0) is 0 Å². The maximum atomic E-state index is 13.1. The first-order valence-electron chi connectivity index (χ1n) is 10.7. The molecule has 5 rings (SSSR count). The van der Waals surface area contributed by atoms with Crippen LogP contribution in [0.25, 0.3) is 10.8 Å². The highest BCUT2D eigenvalue weighted by atomic mass is 16.6. The van der Waals surface area contributed by atoms with Gasteiger partial charge >= 0.3 is 6.09 Å². The van der Waals surface area contributed by atoms with E-state index in [-0.39, 0.29) is 38.6 Å². The number of aryl methyl sites for hydroxylation is 2. The van der Waals surface area contributed by atoms with Gasteiger partial charge in [0, 0.05) is 27.9 Å². The lowest BCUT2D eigenvalue weighted by Crippen LogP contribution is -2.21. The van der Waals surface area contributed by atoms with Crippen LogP contribution >= 0.6 is 0 Å². The van der Waals surface area contributed by atoms with Crippen molar-refractivity contribution in [3.8, 4) is 23.0 Å². The van der Waals surface area contributed by atoms with Crippen LogP contribution in [0.2, 0.25) is 0 Å². The predicted octanol–water partition coefficient (Wildman–Crippen LogP) is 4.96. The van der Waals surface area contributed by atoms with E-state index in [4.69, 9.17) is 4.74 Å². The van der Waals surface area contributed by atoms with Gasteiger partial charge in [-0.25, -0.2) is 4.79 Å². The van der Waals surface area contributed by atoms with Gasteiger partial charge in [0.1, 0.15) is 5.75 Å². The summed E-state index contributed by atoms with van der Waals surface area (Å²) in [5.74, 6) is -3.59. The molecule has 4 aromatic carbocycles. The number of ether oxygens (including phenoxy) is 1. The molecule has 1 aliphatic carbocycles. The van der Waals surface area contributed by atoms with E-state index in [9.17, 15) is 29.7 Å². The molecule has 4 N–H and O–H groups in total. The van der Waals surface area contributed by atoms with Crippen molar-refractivity contribution in [3.05, 3.63) is 88.0 Å². The molecule has 8 nitrogen and oxygen atoms in total. The van der Waals surface area contributed by atoms with Crippen molar-refractivity contribution in [1.82, 2.24) is 0 Å². The minimum Gasteiger partial charge on any atom is -0.506 e. The molecular weight excluding hydrogens is 450 g/mol. The largest absolute Gasteiger partial charge is 0.506 e. The number of anilines is 1. The molecule has 0 aromatic heterocycles. The highest BCUT2D eigenvalue weighted by Gasteiger charge is 2.35. The first-order valence-corrected chi connectivity index (χ1v) is 10.7. The molecule has 1 amide bonds. The summed E-state index contributed by atoms with van der Waals surface area (Å²) in [7, 11) is 0. The van der Waals surface area contributed by atoms with Gasteiger partial charge in [0.2, 0.25) is 5.75 Å². The number of rotatable bonds is 2. The van der Waals surface area contributed by atoms with Crippen LogP contribution in [0.5, 0.6) is 23.0 Å². The van der Waals surface area contributed by atoms with E-state index in [2.05, 4.69) is 5.32 Å². The van der Waals surface area contributed by atoms with Crippen molar-refractivity contribution >= 4 is 34.1 Å². The van der Waals surface area contributed by atoms with E-state index in [1.807, 2.05) is 6.92 Å². The number of hydrogen-bond acceptors (Lipinski definition) is 7. The second-order valence-corrected chi connectivity index (χ2v) is 8.31. The fourth-order valence-electron chi connectivity index (χ4n) is 4.27. The van der Waals surface area contributed by atoms with Crippen molar-refractivity contribution in [2.24, 2.45) is 0 Å². The summed E-state index contributed by atoms with van der Waals surface area (Å²) >= 11 is 0. The molecular formula is C27H19NO7. The number of hydrogen-bond donors (Lipinski definition) is 4. The monoisotopic (exact) mass is 469 g/mol. The number of nitrogens with one attached hydrogen (secondary N) is 1. The quantitative estimate of drug-likeness (QED) is 0.287. The number of benzene rings is 4. The van der Waals surface area contributed by atoms with Gasteiger partial charge in [0.15, 0.2) is 23.1 Å². The molecule has 0 saturated heterocycles. The van der Waals surface area contributed by atoms with Crippen LogP contribution in [0.15, 0.2) is 54.6 Å². The summed E-state index contributed by atoms with van der Waals surface area (Å²) in [6, 6.07) is 14.4. The van der Waals surface area contributed by atoms with Crippen LogP contribution in [0, 0.1) is 13.8 Å². The molecule has 0 bridgehead atoms. The van der Waals surface area contributed by atoms with Gasteiger partial charge in [-0.05, 0) is 37.4 Å². The van der Waals surface area contributed by atoms with Gasteiger partial charge in [-0.15, -0.1) is 0 Å². The number of ketones is 2. The maximum absolute atomic E-state index is 13.1. The second-order valence-electron chi connectivity index (χ2n) is 8.31. The number of carbonyl (C=O) groups excluding carboxylic acids is 3. The Balaban J connectivity index is 1.64. The number of carbonyl (C=O) groups is 3. The molecule has 0 aliphatic heterocycles. The molecule has 0 saturated carbocycles. The maximum Gasteiger partial charge on any atom is 0.417 e. The molecule has 8 heteroatoms. The highest BCUT2D eigenvalue weighted by Crippen LogP contribution is 2.51. The normalized spacial score (nSPS) is 12.3. The zero-order valence-electron chi connectivity index (χ0n) is 18.7. The third-order valence-corrected chi connectivity index (χ3v) is 6.11. The Labute approximate surface area is 199 Å². The summed E-state index contributed by atoms with van der Waals surface area (Å²) in [6.45, 7) is 3.36. The number of fused-ring (bicyclic) bond motifs is 3. The standard InChI is InChI=1S/C27H19NO7/c1-12-7-9-14(10-8-12)28-27(34)35-26-21(29)13(2)17-11-18-20(24(32)19(17)25(26)33)23(31)16-6-4-3-5-15(16)22(18)30/h3-11,29,32-33H,1-2H3,(H,28,34). The molecule has 174 valence electrons. The fourth-order valence-corrected chi connectivity index (χ4v) is 4.27. The Bertz CT molecular complexity index is 1590. The minimum atomic E-state index is -0.990. The number of amides is 1. The van der Waals surface area contributed by atoms with Crippen molar-refractivity contribution in [2.45, 2.75) is 13.8 Å². The molecule has 0 unspecified atom stereocenters. The van der Waals surface area contributed by atoms with E-state index >= 15 is 0 Å². The van der Waals surface area contributed by atoms with E-state index in [1.54, 1.807) is 36.4 Å². The van der Waals surface area contributed by atoms with Crippen molar-refractivity contribution in [2.75, 3.05) is 5.32 Å². The third kappa shape index (κ3) is 3.34. The van der Waals surface area contributed by atoms with E-state index in [1.165, 1.54) is 25.1 Å². The van der Waals surface area contributed by atoms with Crippen LogP contribution < -0.4 is 10.1 Å². The average molecular weight is 469 g/mol. The molecule has 0 fully saturated rings. The van der Waals surface area contributed by atoms with Gasteiger partial charge in [-0.2, -0.15) is 0 Å². The predicted molar refractivity (Wildman–Crippen MR) is 128 cm³/mol. The second kappa shape index (κ2) is 7.88. The zero-order valence-corrected chi connectivity index (χ0v) is 18.7. The van der Waals surface area contributed by atoms with Crippen LogP contribution in [0.1, 0.15) is 43.0 Å². The van der Waals surface area contributed by atoms with Crippen molar-refractivity contribution in [3.63, 3.8) is 0 Å². The van der Waals surface area contributed by atoms with Gasteiger partial charge < -0.3 is 20.1 Å². The topological polar surface area (TPSA) is 133 Å². The molecule has 1 aliphatic rings. The highest BCUT2D eigenvalue weighted by molar-refractivity contribution is 6.31. The number of phenolic OH excluding ortho intramolecular Hbond substituents is 3. The summed E-state index contributed by atoms with van der Waals surface area (Å²) in [4.78, 5) is 38.7. The smallest absolute Gasteiger partial charge is 0.417 e. The van der Waals surface area contributed by atoms with Gasteiger partial charge in [0.05, 0.1) is 10.9 Å². The molecule has 4 aromatic rings. The Morgan fingerprint density at radius 2 is 1.43 bits per heavy atom. The van der Waals surface area contributed by atoms with Crippen molar-refractivity contribution < 1.29 is 34.4 Å². The lowest BCUT2D eigenvalue weighted by Gasteiger charge is -2.21. The SMILES string of the molecule is Cc1ccc(NC(=O)Oc2c(O)c(C)c3cc4c(c(O)c3c2O)C(=O)c2ccccc2C4=O)cc1. The molecule has 0 atom stereocenters. The van der Waals surface area contributed by atoms with Crippen molar-refractivity contribution in [1.29, 1.82) is 0 Å². The number of aromatic hydroxyl groups is 3. The zero-order chi connectivity index (χ0) is 25.0. The van der Waals surface area contributed by atoms with Crippen LogP contribution in [-0.4, -0.2) is 33.0 Å². The van der Waals surface area contributed by atoms with Crippen LogP contribution in [0.3, 0.4) is 0 Å². The summed E-state index contributed by atoms with van der Waals surface area (Å²) in [6.07, 6.45) is -0.990. The Morgan fingerprint density at radius 1 is 0.800 bits per heavy atom. The Hall–Kier alpha value is -4.85. The van der Waals surface area contributed by atoms with E-state index < -0.39 is 40.7 Å². The summed E-state index contributed by atoms with van der Waals surface area (Å²) in [5.41, 5.74) is 1.55. The molecule has 0 spiro atoms. The number of phenols is 3. The summed E-state index contributed by atoms with van der Waals surface area (Å²) in [5, 5.41) is 35.1. The molecule has 0 heterocycles. The third-order valence-electron chi connectivity index (χ3n) is 6.11. The summed E-state index contributed by atoms with van der Waals surface area (Å²) < 4.78 is 5.19. The molecule has 35 heavy (non-hydrogen) atoms. The lowest BCUT2D eigenvalue weighted by atomic mass is 9.81. The lowest BCUT2D eigenvalue weighted by molar-refractivity contribution is 0.0977. The van der Waals surface area contributed by atoms with Crippen LogP contribution in [0.4, 0.5) is 10.5 Å². The first-order chi connectivity index (χ1) is 16.7. The average Bonchev–Trinajstić information content (AvgIpc) is 2.84. The van der Waals surface area contributed by atoms with Gasteiger partial charge in [0.25, 0.3) is 0 Å². The van der Waals surface area contributed by atoms with Gasteiger partial charge in [-0.1, -0.05) is 42.0 Å². The Kier molecular flexibility index (Phi) is 4.94. The Morgan fingerprint density at radius 3 is 2.09 bits per heavy atom. The minimum absolute atomic E-state index is 0.0496. The fraction of sp³-hybridized carbons (Fsp3) is 0.0741. The van der Waals surface area contributed by atoms with E-state index in [0.717, 1.165) is 5.56 Å². The van der Waals surface area contributed by atoms with Gasteiger partial charge in [-0.3, -0.25) is 14.9 Å². The van der Waals surface area contributed by atoms with E-state index in [0.29, 0.717) is 5.69 Å². The first kappa shape index (κ1) is 22.0.